The third-order valence-electron chi connectivity index (χ3n) is 6.75. The number of likely N-dealkylation sites (N-methyl/N-ethyl adjacent to an activating group) is 1. The summed E-state index contributed by atoms with van der Waals surface area (Å²) in [5.41, 5.74) is 5.14. The molecule has 4 heterocycles. The number of carbonyl (C=O) groups excluding carboxylic acids is 1. The van der Waals surface area contributed by atoms with Crippen LogP contribution in [0.1, 0.15) is 43.0 Å². The molecule has 3 aromatic rings. The van der Waals surface area contributed by atoms with E-state index in [-0.39, 0.29) is 11.8 Å². The molecule has 9 nitrogen and oxygen atoms in total. The molecule has 3 fully saturated rings. The van der Waals surface area contributed by atoms with E-state index in [1.807, 2.05) is 22.8 Å². The molecule has 1 saturated heterocycles. The van der Waals surface area contributed by atoms with Crippen LogP contribution in [-0.4, -0.2) is 63.6 Å². The Morgan fingerprint density at radius 1 is 1.12 bits per heavy atom. The van der Waals surface area contributed by atoms with Gasteiger partial charge in [-0.3, -0.25) is 4.79 Å². The second-order valence-corrected chi connectivity index (χ2v) is 9.57. The van der Waals surface area contributed by atoms with Gasteiger partial charge in [0, 0.05) is 56.0 Å². The van der Waals surface area contributed by atoms with Crippen molar-refractivity contribution in [1.29, 1.82) is 0 Å². The van der Waals surface area contributed by atoms with E-state index in [1.165, 1.54) is 24.2 Å². The molecule has 3 aliphatic rings. The molecule has 172 valence electrons. The van der Waals surface area contributed by atoms with Gasteiger partial charge in [0.25, 0.3) is 0 Å². The lowest BCUT2D eigenvalue weighted by atomic mass is 10.2. The lowest BCUT2D eigenvalue weighted by Gasteiger charge is -2.34. The van der Waals surface area contributed by atoms with E-state index in [9.17, 15) is 4.79 Å². The third kappa shape index (κ3) is 4.50. The predicted octanol–water partition coefficient (Wildman–Crippen LogP) is 2.71. The minimum Gasteiger partial charge on any atom is -0.379 e. The smallest absolute Gasteiger partial charge is 0.228 e. The monoisotopic (exact) mass is 446 g/mol. The third-order valence-corrected chi connectivity index (χ3v) is 6.75. The van der Waals surface area contributed by atoms with Gasteiger partial charge in [-0.15, -0.1) is 0 Å². The molecule has 2 saturated carbocycles. The summed E-state index contributed by atoms with van der Waals surface area (Å²) in [5, 5.41) is 11.2. The Balaban J connectivity index is 1.21. The molecule has 0 spiro atoms. The van der Waals surface area contributed by atoms with Crippen LogP contribution in [0.2, 0.25) is 0 Å². The van der Waals surface area contributed by atoms with E-state index in [4.69, 9.17) is 10.1 Å². The number of hydrogen-bond acceptors (Lipinski definition) is 7. The quantitative estimate of drug-likeness (QED) is 0.577. The molecule has 1 amide bonds. The van der Waals surface area contributed by atoms with Gasteiger partial charge >= 0.3 is 0 Å². The van der Waals surface area contributed by atoms with Gasteiger partial charge in [0.05, 0.1) is 29.8 Å². The maximum atomic E-state index is 12.0. The minimum atomic E-state index is 0.0639. The first-order valence-corrected chi connectivity index (χ1v) is 12.0. The van der Waals surface area contributed by atoms with Crippen molar-refractivity contribution in [3.63, 3.8) is 0 Å². The van der Waals surface area contributed by atoms with Crippen molar-refractivity contribution in [2.45, 2.75) is 38.1 Å². The minimum absolute atomic E-state index is 0.0639. The average Bonchev–Trinajstić information content (AvgIpc) is 3.74. The first kappa shape index (κ1) is 20.4. The number of fused-ring (bicyclic) bond motifs is 1. The molecule has 0 bridgehead atoms. The van der Waals surface area contributed by atoms with Crippen LogP contribution in [0.3, 0.4) is 0 Å². The Morgan fingerprint density at radius 3 is 2.70 bits per heavy atom. The number of nitrogens with zero attached hydrogens (tertiary/aromatic N) is 6. The van der Waals surface area contributed by atoms with E-state index >= 15 is 0 Å². The summed E-state index contributed by atoms with van der Waals surface area (Å²) in [6.07, 6.45) is 8.15. The van der Waals surface area contributed by atoms with Crippen LogP contribution < -0.4 is 15.5 Å². The fourth-order valence-electron chi connectivity index (χ4n) is 4.35. The Kier molecular flexibility index (Phi) is 5.13. The van der Waals surface area contributed by atoms with Crippen molar-refractivity contribution in [2.75, 3.05) is 48.8 Å². The van der Waals surface area contributed by atoms with Gasteiger partial charge in [-0.25, -0.2) is 14.5 Å². The summed E-state index contributed by atoms with van der Waals surface area (Å²) in [7, 11) is 2.18. The summed E-state index contributed by atoms with van der Waals surface area (Å²) in [6, 6.07) is 6.04. The van der Waals surface area contributed by atoms with E-state index < -0.39 is 0 Å². The first-order valence-electron chi connectivity index (χ1n) is 12.0. The number of hydrogen-bond donors (Lipinski definition) is 2. The summed E-state index contributed by atoms with van der Waals surface area (Å²) in [4.78, 5) is 26.1. The van der Waals surface area contributed by atoms with Crippen LogP contribution in [0.5, 0.6) is 0 Å². The molecule has 33 heavy (non-hydrogen) atoms. The zero-order chi connectivity index (χ0) is 22.4. The van der Waals surface area contributed by atoms with Crippen molar-refractivity contribution in [3.05, 3.63) is 42.0 Å². The van der Waals surface area contributed by atoms with Gasteiger partial charge < -0.3 is 20.4 Å². The first-order chi connectivity index (χ1) is 16.1. The maximum absolute atomic E-state index is 12.0. The molecular weight excluding hydrogens is 416 g/mol. The lowest BCUT2D eigenvalue weighted by molar-refractivity contribution is -0.117. The Hall–Kier alpha value is -3.20. The topological polar surface area (TPSA) is 90.7 Å². The second-order valence-electron chi connectivity index (χ2n) is 9.57. The summed E-state index contributed by atoms with van der Waals surface area (Å²) < 4.78 is 1.96. The largest absolute Gasteiger partial charge is 0.379 e. The standard InChI is InChI=1S/C24H30N8O/c1-30-8-10-31(11-9-30)21-13-20(16-2-3-16)29-32-15-19(27-23(21)32)14-26-18-6-7-25-22(12-18)28-24(33)17-4-5-17/h6-7,12-13,15-17H,2-5,8-11,14H2,1H3,(H2,25,26,28,33). The van der Waals surface area contributed by atoms with E-state index in [0.29, 0.717) is 18.3 Å². The SMILES string of the molecule is CN1CCN(c2cc(C3CC3)nn3cc(CNc4ccnc(NC(=O)C5CC5)c4)nc23)CC1. The summed E-state index contributed by atoms with van der Waals surface area (Å²) in [5.74, 6) is 1.39. The highest BCUT2D eigenvalue weighted by atomic mass is 16.2. The van der Waals surface area contributed by atoms with Crippen LogP contribution in [0.15, 0.2) is 30.6 Å². The number of rotatable bonds is 7. The summed E-state index contributed by atoms with van der Waals surface area (Å²) >= 11 is 0. The zero-order valence-electron chi connectivity index (χ0n) is 19.0. The second kappa shape index (κ2) is 8.30. The highest BCUT2D eigenvalue weighted by Gasteiger charge is 2.30. The number of nitrogens with one attached hydrogen (secondary N) is 2. The van der Waals surface area contributed by atoms with Crippen LogP contribution in [0, 0.1) is 5.92 Å². The Labute approximate surface area is 193 Å². The average molecular weight is 447 g/mol. The highest BCUT2D eigenvalue weighted by molar-refractivity contribution is 5.93. The van der Waals surface area contributed by atoms with E-state index in [0.717, 1.165) is 56.0 Å². The molecule has 2 aliphatic carbocycles. The van der Waals surface area contributed by atoms with Crippen LogP contribution >= 0.6 is 0 Å². The lowest BCUT2D eigenvalue weighted by Crippen LogP contribution is -2.44. The van der Waals surface area contributed by atoms with Gasteiger partial charge in [-0.1, -0.05) is 0 Å². The van der Waals surface area contributed by atoms with Gasteiger partial charge in [0.2, 0.25) is 5.91 Å². The molecule has 0 radical (unpaired) electrons. The van der Waals surface area contributed by atoms with E-state index in [1.54, 1.807) is 6.20 Å². The molecule has 0 aromatic carbocycles. The van der Waals surface area contributed by atoms with Crippen LogP contribution in [0.25, 0.3) is 5.65 Å². The van der Waals surface area contributed by atoms with Crippen molar-refractivity contribution >= 4 is 28.7 Å². The van der Waals surface area contributed by atoms with Crippen LogP contribution in [0.4, 0.5) is 17.2 Å². The number of anilines is 3. The molecule has 9 heteroatoms. The fraction of sp³-hybridized carbons (Fsp3) is 0.500. The molecule has 3 aromatic heterocycles. The number of pyridine rings is 1. The molecule has 0 atom stereocenters. The molecule has 1 aliphatic heterocycles. The Morgan fingerprint density at radius 2 is 1.94 bits per heavy atom. The Bertz CT molecular complexity index is 1170. The normalized spacial score (nSPS) is 19.1. The van der Waals surface area contributed by atoms with Gasteiger partial charge in [0.15, 0.2) is 5.65 Å². The number of piperazine rings is 1. The predicted molar refractivity (Wildman–Crippen MR) is 128 cm³/mol. The number of aromatic nitrogens is 4. The van der Waals surface area contributed by atoms with Crippen molar-refractivity contribution in [3.8, 4) is 0 Å². The maximum Gasteiger partial charge on any atom is 0.228 e. The molecule has 0 unspecified atom stereocenters. The highest BCUT2D eigenvalue weighted by Crippen LogP contribution is 2.40. The number of carbonyl (C=O) groups is 1. The van der Waals surface area contributed by atoms with E-state index in [2.05, 4.69) is 38.5 Å². The molecular formula is C24H30N8O. The fourth-order valence-corrected chi connectivity index (χ4v) is 4.35. The van der Waals surface area contributed by atoms with Crippen LogP contribution in [-0.2, 0) is 11.3 Å². The van der Waals surface area contributed by atoms with Gasteiger partial charge in [-0.05, 0) is 44.9 Å². The van der Waals surface area contributed by atoms with Crippen molar-refractivity contribution in [1.82, 2.24) is 24.5 Å². The zero-order valence-corrected chi connectivity index (χ0v) is 19.0. The number of imidazole rings is 1. The number of amides is 1. The summed E-state index contributed by atoms with van der Waals surface area (Å²) in [6.45, 7) is 4.71. The van der Waals surface area contributed by atoms with Gasteiger partial charge in [-0.2, -0.15) is 5.10 Å². The van der Waals surface area contributed by atoms with Gasteiger partial charge in [0.1, 0.15) is 5.82 Å². The van der Waals surface area contributed by atoms with Crippen molar-refractivity contribution in [2.24, 2.45) is 5.92 Å². The molecule has 6 rings (SSSR count). The van der Waals surface area contributed by atoms with Crippen molar-refractivity contribution < 1.29 is 4.79 Å². The molecule has 2 N–H and O–H groups in total.